The average Bonchev–Trinajstić information content (AvgIpc) is 3.32. The van der Waals surface area contributed by atoms with Gasteiger partial charge in [0.15, 0.2) is 4.34 Å². The summed E-state index contributed by atoms with van der Waals surface area (Å²) in [5.74, 6) is -0.547. The van der Waals surface area contributed by atoms with Crippen molar-refractivity contribution in [1.82, 2.24) is 4.98 Å². The van der Waals surface area contributed by atoms with Crippen LogP contribution in [0, 0.1) is 29.6 Å². The summed E-state index contributed by atoms with van der Waals surface area (Å²) in [5, 5.41) is 12.5. The number of anilines is 1. The zero-order valence-electron chi connectivity index (χ0n) is 15.2. The minimum atomic E-state index is -0.878. The number of carboxylic acids is 1. The number of benzene rings is 1. The number of allylic oxidation sites excluding steroid dienone is 2. The van der Waals surface area contributed by atoms with Crippen molar-refractivity contribution < 1.29 is 14.7 Å². The first-order chi connectivity index (χ1) is 12.9. The van der Waals surface area contributed by atoms with Gasteiger partial charge in [-0.3, -0.25) is 9.59 Å². The fourth-order valence-corrected chi connectivity index (χ4v) is 6.11. The molecule has 142 valence electrons. The SMILES string of the molecule is CC(C)CSc1nc2ccc(NC(=O)[C@H]3[C@@H](C(=O)O)[C@H]4C=C[C@H]3C4)cc2s1. The van der Waals surface area contributed by atoms with Crippen molar-refractivity contribution in [1.29, 1.82) is 0 Å². The van der Waals surface area contributed by atoms with E-state index in [0.717, 1.165) is 26.7 Å². The van der Waals surface area contributed by atoms with Crippen LogP contribution in [0.1, 0.15) is 20.3 Å². The van der Waals surface area contributed by atoms with Crippen molar-refractivity contribution in [2.75, 3.05) is 11.1 Å². The lowest BCUT2D eigenvalue weighted by atomic mass is 9.82. The van der Waals surface area contributed by atoms with Crippen molar-refractivity contribution in [2.45, 2.75) is 24.6 Å². The Morgan fingerprint density at radius 1 is 1.30 bits per heavy atom. The smallest absolute Gasteiger partial charge is 0.307 e. The monoisotopic (exact) mass is 402 g/mol. The Balaban J connectivity index is 1.50. The molecular weight excluding hydrogens is 380 g/mol. The normalized spacial score (nSPS) is 26.2. The van der Waals surface area contributed by atoms with Gasteiger partial charge in [-0.05, 0) is 42.4 Å². The Hall–Kier alpha value is -1.86. The van der Waals surface area contributed by atoms with Gasteiger partial charge in [0, 0.05) is 11.4 Å². The van der Waals surface area contributed by atoms with Crippen molar-refractivity contribution in [3.63, 3.8) is 0 Å². The van der Waals surface area contributed by atoms with Crippen LogP contribution in [-0.4, -0.2) is 27.7 Å². The second kappa shape index (κ2) is 7.28. The molecule has 0 spiro atoms. The van der Waals surface area contributed by atoms with E-state index in [2.05, 4.69) is 24.1 Å². The lowest BCUT2D eigenvalue weighted by Crippen LogP contribution is -2.36. The molecule has 2 N–H and O–H groups in total. The average molecular weight is 403 g/mol. The van der Waals surface area contributed by atoms with Gasteiger partial charge in [0.1, 0.15) is 0 Å². The summed E-state index contributed by atoms with van der Waals surface area (Å²) in [6.07, 6.45) is 4.71. The predicted molar refractivity (Wildman–Crippen MR) is 109 cm³/mol. The molecule has 1 heterocycles. The number of rotatable bonds is 6. The fourth-order valence-electron chi connectivity index (χ4n) is 4.02. The molecule has 0 radical (unpaired) electrons. The van der Waals surface area contributed by atoms with Crippen LogP contribution in [0.15, 0.2) is 34.7 Å². The highest BCUT2D eigenvalue weighted by atomic mass is 32.2. The zero-order chi connectivity index (χ0) is 19.1. The summed E-state index contributed by atoms with van der Waals surface area (Å²) < 4.78 is 2.06. The first kappa shape index (κ1) is 18.5. The van der Waals surface area contributed by atoms with Crippen LogP contribution in [0.3, 0.4) is 0 Å². The maximum atomic E-state index is 12.8. The van der Waals surface area contributed by atoms with E-state index in [1.165, 1.54) is 0 Å². The zero-order valence-corrected chi connectivity index (χ0v) is 16.8. The molecular formula is C20H22N2O3S2. The number of hydrogen-bond acceptors (Lipinski definition) is 5. The lowest BCUT2D eigenvalue weighted by molar-refractivity contribution is -0.146. The molecule has 2 bridgehead atoms. The molecule has 2 aliphatic rings. The number of aliphatic carboxylic acids is 1. The highest BCUT2D eigenvalue weighted by Gasteiger charge is 2.51. The number of amides is 1. The van der Waals surface area contributed by atoms with Crippen molar-refractivity contribution in [3.05, 3.63) is 30.4 Å². The molecule has 4 atom stereocenters. The molecule has 1 amide bonds. The van der Waals surface area contributed by atoms with Gasteiger partial charge in [0.05, 0.1) is 22.1 Å². The van der Waals surface area contributed by atoms with Gasteiger partial charge in [0.2, 0.25) is 5.91 Å². The predicted octanol–water partition coefficient (Wildman–Crippen LogP) is 4.51. The van der Waals surface area contributed by atoms with Gasteiger partial charge in [-0.2, -0.15) is 0 Å². The molecule has 27 heavy (non-hydrogen) atoms. The molecule has 1 aromatic carbocycles. The highest BCUT2D eigenvalue weighted by molar-refractivity contribution is 8.01. The summed E-state index contributed by atoms with van der Waals surface area (Å²) >= 11 is 3.38. The number of carboxylic acid groups (broad SMARTS) is 1. The molecule has 0 saturated heterocycles. The number of fused-ring (bicyclic) bond motifs is 3. The van der Waals surface area contributed by atoms with Crippen LogP contribution in [-0.2, 0) is 9.59 Å². The van der Waals surface area contributed by atoms with Crippen LogP contribution in [0.25, 0.3) is 10.2 Å². The quantitative estimate of drug-likeness (QED) is 0.549. The Kier molecular flexibility index (Phi) is 4.99. The minimum Gasteiger partial charge on any atom is -0.481 e. The lowest BCUT2D eigenvalue weighted by Gasteiger charge is -2.23. The highest BCUT2D eigenvalue weighted by Crippen LogP contribution is 2.48. The van der Waals surface area contributed by atoms with Crippen molar-refractivity contribution in [2.24, 2.45) is 29.6 Å². The Morgan fingerprint density at radius 2 is 2.04 bits per heavy atom. The number of thioether (sulfide) groups is 1. The maximum Gasteiger partial charge on any atom is 0.307 e. The first-order valence-corrected chi connectivity index (χ1v) is 11.0. The van der Waals surface area contributed by atoms with E-state index in [-0.39, 0.29) is 17.7 Å². The second-order valence-corrected chi connectivity index (χ2v) is 9.99. The van der Waals surface area contributed by atoms with Gasteiger partial charge in [-0.1, -0.05) is 37.8 Å². The number of thiazole rings is 1. The summed E-state index contributed by atoms with van der Waals surface area (Å²) in [6, 6.07) is 5.69. The van der Waals surface area contributed by atoms with E-state index in [0.29, 0.717) is 11.6 Å². The molecule has 2 aromatic rings. The molecule has 2 aliphatic carbocycles. The second-order valence-electron chi connectivity index (χ2n) is 7.69. The molecule has 1 aromatic heterocycles. The van der Waals surface area contributed by atoms with Crippen LogP contribution < -0.4 is 5.32 Å². The number of aromatic nitrogens is 1. The summed E-state index contributed by atoms with van der Waals surface area (Å²) in [5.41, 5.74) is 1.63. The minimum absolute atomic E-state index is 0.0206. The van der Waals surface area contributed by atoms with Crippen LogP contribution >= 0.6 is 23.1 Å². The van der Waals surface area contributed by atoms with Gasteiger partial charge < -0.3 is 10.4 Å². The fraction of sp³-hybridized carbons (Fsp3) is 0.450. The van der Waals surface area contributed by atoms with E-state index in [1.54, 1.807) is 23.1 Å². The summed E-state index contributed by atoms with van der Waals surface area (Å²) in [6.45, 7) is 4.37. The Morgan fingerprint density at radius 3 is 2.74 bits per heavy atom. The van der Waals surface area contributed by atoms with Gasteiger partial charge in [-0.15, -0.1) is 11.3 Å². The number of carbonyl (C=O) groups is 2. The van der Waals surface area contributed by atoms with Crippen molar-refractivity contribution >= 4 is 50.9 Å². The number of nitrogens with zero attached hydrogens (tertiary/aromatic N) is 1. The molecule has 4 rings (SSSR count). The van der Waals surface area contributed by atoms with Crippen LogP contribution in [0.5, 0.6) is 0 Å². The Labute approximate surface area is 166 Å². The van der Waals surface area contributed by atoms with E-state index >= 15 is 0 Å². The van der Waals surface area contributed by atoms with Gasteiger partial charge in [0.25, 0.3) is 0 Å². The third-order valence-electron chi connectivity index (χ3n) is 5.22. The summed E-state index contributed by atoms with van der Waals surface area (Å²) in [7, 11) is 0. The van der Waals surface area contributed by atoms with Crippen LogP contribution in [0.2, 0.25) is 0 Å². The Bertz CT molecular complexity index is 921. The third kappa shape index (κ3) is 3.62. The van der Waals surface area contributed by atoms with E-state index in [9.17, 15) is 14.7 Å². The number of carbonyl (C=O) groups excluding carboxylic acids is 1. The van der Waals surface area contributed by atoms with Gasteiger partial charge in [-0.25, -0.2) is 4.98 Å². The van der Waals surface area contributed by atoms with Gasteiger partial charge >= 0.3 is 5.97 Å². The molecule has 5 nitrogen and oxygen atoms in total. The molecule has 1 saturated carbocycles. The number of hydrogen-bond donors (Lipinski definition) is 2. The first-order valence-electron chi connectivity index (χ1n) is 9.17. The standard InChI is InChI=1S/C20H22N2O3S2/c1-10(2)9-26-20-22-14-6-5-13(8-15(14)27-20)21-18(23)16-11-3-4-12(7-11)17(16)19(24)25/h3-6,8,10-12,16-17H,7,9H2,1-2H3,(H,21,23)(H,24,25)/t11-,12-,16+,17-/m0/s1. The topological polar surface area (TPSA) is 79.3 Å². The molecule has 1 fully saturated rings. The molecule has 0 aliphatic heterocycles. The van der Waals surface area contributed by atoms with E-state index in [4.69, 9.17) is 0 Å². The maximum absolute atomic E-state index is 12.8. The van der Waals surface area contributed by atoms with Crippen LogP contribution in [0.4, 0.5) is 5.69 Å². The largest absolute Gasteiger partial charge is 0.481 e. The van der Waals surface area contributed by atoms with Crippen molar-refractivity contribution in [3.8, 4) is 0 Å². The number of nitrogens with one attached hydrogen (secondary N) is 1. The summed E-state index contributed by atoms with van der Waals surface area (Å²) in [4.78, 5) is 29.1. The van der Waals surface area contributed by atoms with E-state index in [1.807, 2.05) is 30.4 Å². The third-order valence-corrected chi connectivity index (χ3v) is 7.81. The van der Waals surface area contributed by atoms with E-state index < -0.39 is 17.8 Å². The molecule has 7 heteroatoms. The molecule has 0 unspecified atom stereocenters.